The molecule has 306 valence electrons. The van der Waals surface area contributed by atoms with Gasteiger partial charge in [-0.3, -0.25) is 0 Å². The molecule has 4 aromatic carbocycles. The minimum absolute atomic E-state index is 0. The van der Waals surface area contributed by atoms with Gasteiger partial charge in [0.05, 0.1) is 6.10 Å². The summed E-state index contributed by atoms with van der Waals surface area (Å²) in [5.41, 5.74) is 5.12. The Morgan fingerprint density at radius 1 is 0.574 bits per heavy atom. The molecule has 0 saturated heterocycles. The predicted molar refractivity (Wildman–Crippen MR) is 254 cm³/mol. The van der Waals surface area contributed by atoms with Gasteiger partial charge in [0.25, 0.3) is 0 Å². The highest BCUT2D eigenvalue weighted by molar-refractivity contribution is 9.09. The molecule has 0 amide bonds. The first-order chi connectivity index (χ1) is 24.7. The normalized spacial score (nSPS) is 10.9. The summed E-state index contributed by atoms with van der Waals surface area (Å²) in [6.45, 7) is 4.08. The van der Waals surface area contributed by atoms with E-state index < -0.39 is 9.23 Å². The molecule has 0 aliphatic heterocycles. The Bertz CT molecular complexity index is 1330. The van der Waals surface area contributed by atoms with Gasteiger partial charge in [0, 0.05) is 58.8 Å². The van der Waals surface area contributed by atoms with Crippen LogP contribution < -0.4 is 0 Å². The number of halogens is 10. The van der Waals surface area contributed by atoms with Crippen LogP contribution >= 0.6 is 125 Å². The second kappa shape index (κ2) is 38.7. The lowest BCUT2D eigenvalue weighted by molar-refractivity contribution is 0.180. The van der Waals surface area contributed by atoms with Crippen LogP contribution in [0.5, 0.6) is 0 Å². The van der Waals surface area contributed by atoms with E-state index in [9.17, 15) is 0 Å². The first kappa shape index (κ1) is 58.5. The third-order valence-corrected chi connectivity index (χ3v) is 8.71. The van der Waals surface area contributed by atoms with Crippen molar-refractivity contribution >= 4 is 134 Å². The number of rotatable bonds is 14. The second-order valence-electron chi connectivity index (χ2n) is 11.7. The van der Waals surface area contributed by atoms with Crippen LogP contribution in [0.2, 0.25) is 20.1 Å². The fourth-order valence-corrected chi connectivity index (χ4v) is 5.48. The summed E-state index contributed by atoms with van der Waals surface area (Å²) in [6, 6.07) is 31.4. The lowest BCUT2D eigenvalue weighted by atomic mass is 10.1. The van der Waals surface area contributed by atoms with Gasteiger partial charge < -0.3 is 10.2 Å². The Kier molecular flexibility index (Phi) is 42.0. The monoisotopic (exact) mass is 1050 g/mol. The van der Waals surface area contributed by atoms with Gasteiger partial charge in [-0.15, -0.1) is 41.0 Å². The molecule has 2 N–H and O–H groups in total. The summed E-state index contributed by atoms with van der Waals surface area (Å²) in [5, 5.41) is 22.1. The van der Waals surface area contributed by atoms with Gasteiger partial charge in [0.1, 0.15) is 0 Å². The molecule has 0 fully saturated rings. The van der Waals surface area contributed by atoms with Crippen LogP contribution in [-0.2, 0) is 34.9 Å². The minimum atomic E-state index is -1.67. The Morgan fingerprint density at radius 2 is 0.852 bits per heavy atom. The number of aliphatic hydroxyl groups excluding tert-OH is 2. The maximum atomic E-state index is 9.09. The van der Waals surface area contributed by atoms with Crippen molar-refractivity contribution in [2.24, 2.45) is 0 Å². The molecule has 54 heavy (non-hydrogen) atoms. The molecule has 3 nitrogen and oxygen atoms in total. The van der Waals surface area contributed by atoms with Crippen LogP contribution in [0.1, 0.15) is 74.6 Å². The third-order valence-electron chi connectivity index (χ3n) is 7.09. The number of aryl methyl sites for hydroxylation is 3. The van der Waals surface area contributed by atoms with E-state index in [4.69, 9.17) is 72.4 Å². The summed E-state index contributed by atoms with van der Waals surface area (Å²) in [4.78, 5) is 0. The number of benzene rings is 4. The molecular formula is C40H52Br2Cl8O3S. The van der Waals surface area contributed by atoms with Crippen molar-refractivity contribution in [1.29, 1.82) is 0 Å². The molecule has 4 rings (SSSR count). The standard InChI is InChI=1S/C12H16Cl2.C12H17ClO.C8H8BrCl.C8H9ClO.BrH.Cl2OS.ClH/c1-10(13)4-2-3-5-11-6-8-12(14)9-7-11;1-10(14)4-2-3-5-11-6-8-12(13)9-7-11;9-6-5-7-1-3-8(10)4-2-7;9-8-3-1-7(2-4-8)5-6-10;;1-4(2)3;/h6-10H,2-5H2,1H3;6-10,14H,2-5H2,1H3;1-4H,5-6H2;1-4,10H,5-6H2;1H;;1H. The van der Waals surface area contributed by atoms with Gasteiger partial charge in [0.15, 0.2) is 0 Å². The molecule has 0 bridgehead atoms. The molecule has 0 radical (unpaired) electrons. The smallest absolute Gasteiger partial charge is 0.211 e. The highest BCUT2D eigenvalue weighted by Crippen LogP contribution is 2.15. The quantitative estimate of drug-likeness (QED) is 0.0752. The van der Waals surface area contributed by atoms with Crippen molar-refractivity contribution in [2.75, 3.05) is 11.9 Å². The molecule has 0 heterocycles. The number of hydrogen-bond acceptors (Lipinski definition) is 3. The average Bonchev–Trinajstić information content (AvgIpc) is 3.09. The van der Waals surface area contributed by atoms with E-state index in [-0.39, 0.29) is 42.1 Å². The van der Waals surface area contributed by atoms with Gasteiger partial charge in [-0.25, -0.2) is 4.21 Å². The van der Waals surface area contributed by atoms with Crippen LogP contribution in [0.4, 0.5) is 0 Å². The number of aliphatic hydroxyl groups is 2. The van der Waals surface area contributed by atoms with Crippen LogP contribution in [-0.4, -0.2) is 37.8 Å². The highest BCUT2D eigenvalue weighted by atomic mass is 79.9. The fraction of sp³-hybridized carbons (Fsp3) is 0.400. The van der Waals surface area contributed by atoms with Crippen molar-refractivity contribution in [3.05, 3.63) is 139 Å². The van der Waals surface area contributed by atoms with Crippen LogP contribution in [0, 0.1) is 0 Å². The van der Waals surface area contributed by atoms with Gasteiger partial charge in [-0.2, -0.15) is 0 Å². The molecule has 0 aromatic heterocycles. The number of hydrogen-bond donors (Lipinski definition) is 2. The van der Waals surface area contributed by atoms with E-state index >= 15 is 0 Å². The van der Waals surface area contributed by atoms with Gasteiger partial charge in [0.2, 0.25) is 9.23 Å². The summed E-state index contributed by atoms with van der Waals surface area (Å²) >= 11 is 32.2. The molecule has 2 unspecified atom stereocenters. The summed E-state index contributed by atoms with van der Waals surface area (Å²) in [6.07, 6.45) is 10.4. The first-order valence-corrected chi connectivity index (χ1v) is 22.8. The van der Waals surface area contributed by atoms with Crippen molar-refractivity contribution in [3.8, 4) is 0 Å². The zero-order valence-corrected chi connectivity index (χ0v) is 40.7. The molecule has 0 aliphatic rings. The van der Waals surface area contributed by atoms with E-state index in [2.05, 4.69) is 61.6 Å². The average molecular weight is 1060 g/mol. The molecule has 0 saturated carbocycles. The molecule has 0 aliphatic carbocycles. The summed E-state index contributed by atoms with van der Waals surface area (Å²) in [5.74, 6) is 0. The van der Waals surface area contributed by atoms with Gasteiger partial charge >= 0.3 is 0 Å². The molecule has 4 aromatic rings. The van der Waals surface area contributed by atoms with E-state index in [1.54, 1.807) is 0 Å². The van der Waals surface area contributed by atoms with E-state index in [0.29, 0.717) is 11.8 Å². The Hall–Kier alpha value is 0.230. The summed E-state index contributed by atoms with van der Waals surface area (Å²) in [7, 11) is 7.36. The topological polar surface area (TPSA) is 57.5 Å². The Morgan fingerprint density at radius 3 is 1.11 bits per heavy atom. The van der Waals surface area contributed by atoms with Gasteiger partial charge in [-0.1, -0.05) is 124 Å². The Balaban J connectivity index is -0.000000619. The van der Waals surface area contributed by atoms with Crippen LogP contribution in [0.15, 0.2) is 97.1 Å². The largest absolute Gasteiger partial charge is 0.396 e. The summed E-state index contributed by atoms with van der Waals surface area (Å²) < 4.78 is 9.09. The maximum Gasteiger partial charge on any atom is 0.211 e. The van der Waals surface area contributed by atoms with E-state index in [0.717, 1.165) is 75.9 Å². The van der Waals surface area contributed by atoms with Crippen LogP contribution in [0.25, 0.3) is 0 Å². The van der Waals surface area contributed by atoms with Gasteiger partial charge in [-0.05, 0) is 136 Å². The lowest BCUT2D eigenvalue weighted by Crippen LogP contribution is -1.98. The number of alkyl halides is 2. The minimum Gasteiger partial charge on any atom is -0.396 e. The van der Waals surface area contributed by atoms with Crippen molar-refractivity contribution in [3.63, 3.8) is 0 Å². The third kappa shape index (κ3) is 37.8. The zero-order valence-electron chi connectivity index (χ0n) is 30.4. The number of unbranched alkanes of at least 4 members (excludes halogenated alkanes) is 2. The second-order valence-corrected chi connectivity index (χ2v) is 17.5. The fourth-order valence-electron chi connectivity index (χ4n) is 4.37. The molecular weight excluding hydrogens is 1000 g/mol. The lowest BCUT2D eigenvalue weighted by Gasteiger charge is -2.04. The molecule has 2 atom stereocenters. The zero-order chi connectivity index (χ0) is 39.1. The maximum absolute atomic E-state index is 9.09. The van der Waals surface area contributed by atoms with E-state index in [1.165, 1.54) is 29.5 Å². The SMILES string of the molecule is Br.CC(Cl)CCCCc1ccc(Cl)cc1.CC(O)CCCCc1ccc(Cl)cc1.Cl.Clc1ccc(CCBr)cc1.O=S(Cl)Cl.OCCc1ccc(Cl)cc1. The van der Waals surface area contributed by atoms with Crippen molar-refractivity contribution in [1.82, 2.24) is 0 Å². The van der Waals surface area contributed by atoms with Crippen molar-refractivity contribution < 1.29 is 14.4 Å². The van der Waals surface area contributed by atoms with Crippen molar-refractivity contribution in [2.45, 2.75) is 89.5 Å². The predicted octanol–water partition coefficient (Wildman–Crippen LogP) is 15.3. The first-order valence-electron chi connectivity index (χ1n) is 17.0. The molecule has 14 heteroatoms. The highest BCUT2D eigenvalue weighted by Gasteiger charge is 1.99. The Labute approximate surface area is 385 Å². The van der Waals surface area contributed by atoms with Crippen LogP contribution in [0.3, 0.4) is 0 Å². The molecule has 0 spiro atoms. The van der Waals surface area contributed by atoms with E-state index in [1.807, 2.05) is 86.6 Å².